The van der Waals surface area contributed by atoms with Crippen LogP contribution in [0.4, 0.5) is 5.69 Å². The molecule has 0 amide bonds. The molecule has 0 aliphatic heterocycles. The van der Waals surface area contributed by atoms with E-state index in [1.54, 1.807) is 24.3 Å². The first-order valence-electron chi connectivity index (χ1n) is 7.39. The molecular formula is C18H13N3O4. The molecule has 0 atom stereocenters. The number of nitro groups is 1. The smallest absolute Gasteiger partial charge is 0.276 e. The molecule has 0 unspecified atom stereocenters. The Morgan fingerprint density at radius 2 is 1.36 bits per heavy atom. The van der Waals surface area contributed by atoms with Gasteiger partial charge in [-0.3, -0.25) is 19.7 Å². The average Bonchev–Trinajstić information content (AvgIpc) is 2.60. The van der Waals surface area contributed by atoms with Gasteiger partial charge in [0.05, 0.1) is 10.5 Å². The third-order valence-corrected chi connectivity index (χ3v) is 3.53. The molecule has 0 saturated heterocycles. The van der Waals surface area contributed by atoms with E-state index < -0.39 is 16.0 Å². The minimum Gasteiger partial charge on any atom is -0.316 e. The Hall–Kier alpha value is -3.74. The Morgan fingerprint density at radius 1 is 0.800 bits per heavy atom. The van der Waals surface area contributed by atoms with Crippen LogP contribution in [0.2, 0.25) is 0 Å². The molecule has 0 aliphatic rings. The fourth-order valence-corrected chi connectivity index (χ4v) is 2.34. The number of H-pyrrole nitrogens is 2. The van der Waals surface area contributed by atoms with Crippen molar-refractivity contribution in [3.63, 3.8) is 0 Å². The first-order chi connectivity index (χ1) is 12.0. The number of hydrogen-bond donors (Lipinski definition) is 2. The maximum atomic E-state index is 12.2. The lowest BCUT2D eigenvalue weighted by molar-refractivity contribution is -0.385. The minimum absolute atomic E-state index is 0.0514. The molecule has 0 bridgehead atoms. The molecule has 7 nitrogen and oxygen atoms in total. The van der Waals surface area contributed by atoms with Crippen LogP contribution in [-0.4, -0.2) is 14.9 Å². The molecule has 3 rings (SSSR count). The molecule has 0 fully saturated rings. The lowest BCUT2D eigenvalue weighted by Gasteiger charge is -1.96. The van der Waals surface area contributed by atoms with Gasteiger partial charge in [-0.15, -0.1) is 0 Å². The second-order valence-corrected chi connectivity index (χ2v) is 5.25. The first kappa shape index (κ1) is 16.1. The third kappa shape index (κ3) is 3.61. The van der Waals surface area contributed by atoms with E-state index in [0.29, 0.717) is 0 Å². The van der Waals surface area contributed by atoms with Crippen LogP contribution in [0.5, 0.6) is 0 Å². The van der Waals surface area contributed by atoms with Crippen LogP contribution < -0.4 is 21.8 Å². The molecule has 2 N–H and O–H groups in total. The average molecular weight is 335 g/mol. The third-order valence-electron chi connectivity index (χ3n) is 3.53. The Balaban J connectivity index is 2.17. The summed E-state index contributed by atoms with van der Waals surface area (Å²) in [4.78, 5) is 39.9. The Bertz CT molecular complexity index is 1160. The summed E-state index contributed by atoms with van der Waals surface area (Å²) in [5.74, 6) is 0. The van der Waals surface area contributed by atoms with E-state index in [1.807, 2.05) is 18.2 Å². The zero-order chi connectivity index (χ0) is 17.8. The van der Waals surface area contributed by atoms with Crippen molar-refractivity contribution in [2.75, 3.05) is 0 Å². The molecule has 0 spiro atoms. The van der Waals surface area contributed by atoms with Crippen LogP contribution in [0.25, 0.3) is 12.2 Å². The van der Waals surface area contributed by atoms with Gasteiger partial charge < -0.3 is 9.97 Å². The van der Waals surface area contributed by atoms with Crippen LogP contribution in [-0.2, 0) is 0 Å². The summed E-state index contributed by atoms with van der Waals surface area (Å²) in [6.07, 6.45) is 2.83. The predicted molar refractivity (Wildman–Crippen MR) is 93.6 cm³/mol. The van der Waals surface area contributed by atoms with Crippen molar-refractivity contribution in [1.29, 1.82) is 0 Å². The quantitative estimate of drug-likeness (QED) is 0.540. The Labute approximate surface area is 140 Å². The number of aromatic amines is 2. The van der Waals surface area contributed by atoms with E-state index in [9.17, 15) is 19.7 Å². The van der Waals surface area contributed by atoms with Crippen molar-refractivity contribution in [3.8, 4) is 0 Å². The van der Waals surface area contributed by atoms with Crippen molar-refractivity contribution in [2.24, 2.45) is 0 Å². The van der Waals surface area contributed by atoms with Crippen LogP contribution in [0.3, 0.4) is 0 Å². The van der Waals surface area contributed by atoms with E-state index in [4.69, 9.17) is 0 Å². The van der Waals surface area contributed by atoms with Gasteiger partial charge in [0.25, 0.3) is 16.8 Å². The van der Waals surface area contributed by atoms with Gasteiger partial charge in [0, 0.05) is 6.07 Å². The molecule has 0 aliphatic carbocycles. The van der Waals surface area contributed by atoms with E-state index in [1.165, 1.54) is 24.3 Å². The maximum Gasteiger partial charge on any atom is 0.276 e. The Morgan fingerprint density at radius 3 is 2.00 bits per heavy atom. The van der Waals surface area contributed by atoms with Crippen LogP contribution in [0, 0.1) is 10.1 Å². The Kier molecular flexibility index (Phi) is 4.38. The zero-order valence-electron chi connectivity index (χ0n) is 12.9. The van der Waals surface area contributed by atoms with Gasteiger partial charge in [-0.2, -0.15) is 0 Å². The van der Waals surface area contributed by atoms with Gasteiger partial charge in [-0.25, -0.2) is 0 Å². The van der Waals surface area contributed by atoms with Gasteiger partial charge in [-0.1, -0.05) is 42.5 Å². The fourth-order valence-electron chi connectivity index (χ4n) is 2.34. The van der Waals surface area contributed by atoms with Crippen LogP contribution in [0.1, 0.15) is 11.1 Å². The summed E-state index contributed by atoms with van der Waals surface area (Å²) in [6.45, 7) is 0. The zero-order valence-corrected chi connectivity index (χ0v) is 12.9. The van der Waals surface area contributed by atoms with Crippen molar-refractivity contribution in [3.05, 3.63) is 107 Å². The number of rotatable bonds is 3. The van der Waals surface area contributed by atoms with Crippen molar-refractivity contribution < 1.29 is 4.92 Å². The largest absolute Gasteiger partial charge is 0.316 e. The molecule has 0 radical (unpaired) electrons. The molecule has 2 aromatic carbocycles. The highest BCUT2D eigenvalue weighted by atomic mass is 16.6. The van der Waals surface area contributed by atoms with Crippen molar-refractivity contribution in [2.45, 2.75) is 0 Å². The standard InChI is InChI=1S/C18H13N3O4/c22-17-14(10-12-6-2-1-3-7-12)19-18(23)15(20-17)11-13-8-4-5-9-16(13)21(24)25/h1-11H,(H,19,23)(H,20,22)/b14-10-,15-11-. The minimum atomic E-state index is -0.546. The molecule has 3 aromatic rings. The second kappa shape index (κ2) is 6.79. The van der Waals surface area contributed by atoms with Crippen LogP contribution >= 0.6 is 0 Å². The fraction of sp³-hybridized carbons (Fsp3) is 0. The number of para-hydroxylation sites is 1. The molecule has 25 heavy (non-hydrogen) atoms. The normalized spacial score (nSPS) is 12.3. The number of aromatic nitrogens is 2. The lowest BCUT2D eigenvalue weighted by Crippen LogP contribution is -2.46. The van der Waals surface area contributed by atoms with Gasteiger partial charge in [0.1, 0.15) is 10.7 Å². The van der Waals surface area contributed by atoms with E-state index in [2.05, 4.69) is 9.97 Å². The topological polar surface area (TPSA) is 109 Å². The number of nitrogens with zero attached hydrogens (tertiary/aromatic N) is 1. The summed E-state index contributed by atoms with van der Waals surface area (Å²) >= 11 is 0. The van der Waals surface area contributed by atoms with Crippen LogP contribution in [0.15, 0.2) is 64.2 Å². The summed E-state index contributed by atoms with van der Waals surface area (Å²) in [6, 6.07) is 15.0. The number of nitrogens with one attached hydrogen (secondary N) is 2. The molecule has 0 saturated carbocycles. The van der Waals surface area contributed by atoms with E-state index in [0.717, 1.165) is 5.56 Å². The number of nitro benzene ring substituents is 1. The van der Waals surface area contributed by atoms with Gasteiger partial charge >= 0.3 is 0 Å². The highest BCUT2D eigenvalue weighted by Crippen LogP contribution is 2.17. The molecule has 1 heterocycles. The van der Waals surface area contributed by atoms with E-state index in [-0.39, 0.29) is 21.9 Å². The van der Waals surface area contributed by atoms with Gasteiger partial charge in [-0.05, 0) is 23.8 Å². The monoisotopic (exact) mass is 335 g/mol. The highest BCUT2D eigenvalue weighted by Gasteiger charge is 2.10. The lowest BCUT2D eigenvalue weighted by atomic mass is 10.1. The van der Waals surface area contributed by atoms with Gasteiger partial charge in [0.2, 0.25) is 0 Å². The SMILES string of the molecule is O=c1[nH]/c(=C\c2ccccc2[N+](=O)[O-])c(=O)[nH]/c1=C\c1ccccc1. The van der Waals surface area contributed by atoms with Crippen molar-refractivity contribution in [1.82, 2.24) is 9.97 Å². The van der Waals surface area contributed by atoms with E-state index >= 15 is 0 Å². The molecule has 124 valence electrons. The summed E-state index contributed by atoms with van der Waals surface area (Å²) in [7, 11) is 0. The maximum absolute atomic E-state index is 12.2. The highest BCUT2D eigenvalue weighted by molar-refractivity contribution is 5.59. The summed E-state index contributed by atoms with van der Waals surface area (Å²) in [5.41, 5.74) is -0.191. The van der Waals surface area contributed by atoms with Gasteiger partial charge in [0.15, 0.2) is 0 Å². The molecule has 7 heteroatoms. The van der Waals surface area contributed by atoms with Crippen molar-refractivity contribution >= 4 is 17.8 Å². The predicted octanol–water partition coefficient (Wildman–Crippen LogP) is 0.629. The second-order valence-electron chi connectivity index (χ2n) is 5.25. The number of hydrogen-bond acceptors (Lipinski definition) is 4. The molecular weight excluding hydrogens is 322 g/mol. The first-order valence-corrected chi connectivity index (χ1v) is 7.39. The molecule has 1 aromatic heterocycles. The summed E-state index contributed by atoms with van der Waals surface area (Å²) < 4.78 is 0. The summed E-state index contributed by atoms with van der Waals surface area (Å²) in [5, 5.41) is 11.1. The number of benzene rings is 2.